The highest BCUT2D eigenvalue weighted by Gasteiger charge is 2.45. The zero-order valence-electron chi connectivity index (χ0n) is 37.0. The number of imide groups is 2. The lowest BCUT2D eigenvalue weighted by Gasteiger charge is -2.37. The molecule has 0 radical (unpaired) electrons. The molecule has 4 aliphatic heterocycles. The van der Waals surface area contributed by atoms with E-state index in [2.05, 4.69) is 34.8 Å². The second kappa shape index (κ2) is 18.5. The van der Waals surface area contributed by atoms with Gasteiger partial charge in [0.25, 0.3) is 11.8 Å². The lowest BCUT2D eigenvalue weighted by atomic mass is 10.00. The van der Waals surface area contributed by atoms with Crippen molar-refractivity contribution in [2.24, 2.45) is 0 Å². The van der Waals surface area contributed by atoms with Crippen molar-refractivity contribution in [1.82, 2.24) is 39.3 Å². The summed E-state index contributed by atoms with van der Waals surface area (Å²) >= 11 is 0. The van der Waals surface area contributed by atoms with E-state index in [1.54, 1.807) is 31.5 Å². The van der Waals surface area contributed by atoms with E-state index in [1.807, 2.05) is 17.0 Å². The lowest BCUT2D eigenvalue weighted by molar-refractivity contribution is -0.136. The minimum Gasteiger partial charge on any atom is -0.490 e. The number of anilines is 2. The molecule has 5 amide bonds. The number of pyridine rings is 2. The second-order valence-electron chi connectivity index (χ2n) is 17.0. The summed E-state index contributed by atoms with van der Waals surface area (Å²) < 4.78 is 65.0. The van der Waals surface area contributed by atoms with E-state index in [1.165, 1.54) is 25.4 Å². The molecule has 4 aliphatic rings. The van der Waals surface area contributed by atoms with E-state index < -0.39 is 68.5 Å². The van der Waals surface area contributed by atoms with E-state index in [0.29, 0.717) is 85.8 Å². The van der Waals surface area contributed by atoms with E-state index in [4.69, 9.17) is 4.74 Å². The van der Waals surface area contributed by atoms with Crippen molar-refractivity contribution < 1.29 is 50.7 Å². The quantitative estimate of drug-likeness (QED) is 0.114. The van der Waals surface area contributed by atoms with Crippen LogP contribution < -0.4 is 19.7 Å². The van der Waals surface area contributed by atoms with Crippen molar-refractivity contribution in [3.63, 3.8) is 0 Å². The van der Waals surface area contributed by atoms with Gasteiger partial charge in [-0.3, -0.25) is 48.6 Å². The number of hydrogen-bond acceptors (Lipinski definition) is 13. The largest absolute Gasteiger partial charge is 0.490 e. The standard InChI is InChI=1S/C46H46F2N10O9S/c1-3-54(2)68(65,66)53-35-8-7-34(47)40(41(35)48)42(61)33-24-51-43-31(33)20-27(23-50-43)26-4-10-37(49-22-26)56-16-18-57(19-17-56)39(60)25-55-14-12-28(13-15-55)67-29-5-6-30-32(21-29)46(64)58(45(30)63)36-9-11-38(59)52-44(36)62/h4-8,10,20-24,28,36,53H,3,9,11-19,25H2,1-2H3,(H,50,51)(H,52,59,62). The van der Waals surface area contributed by atoms with Gasteiger partial charge in [0.05, 0.1) is 28.9 Å². The van der Waals surface area contributed by atoms with Crippen molar-refractivity contribution >= 4 is 68.1 Å². The van der Waals surface area contributed by atoms with Gasteiger partial charge in [0, 0.05) is 99.9 Å². The number of carbonyl (C=O) groups is 6. The molecule has 3 N–H and O–H groups in total. The highest BCUT2D eigenvalue weighted by Crippen LogP contribution is 2.33. The molecule has 0 aliphatic carbocycles. The third-order valence-electron chi connectivity index (χ3n) is 12.8. The van der Waals surface area contributed by atoms with Gasteiger partial charge in [0.15, 0.2) is 5.82 Å². The highest BCUT2D eigenvalue weighted by molar-refractivity contribution is 7.90. The normalized spacial score (nSPS) is 18.4. The number of piperidine rings is 2. The van der Waals surface area contributed by atoms with Gasteiger partial charge in [0.2, 0.25) is 23.5 Å². The summed E-state index contributed by atoms with van der Waals surface area (Å²) in [6, 6.07) is 10.7. The van der Waals surface area contributed by atoms with Crippen LogP contribution in [0.2, 0.25) is 0 Å². The number of halogens is 2. The van der Waals surface area contributed by atoms with E-state index in [-0.39, 0.29) is 54.6 Å². The van der Waals surface area contributed by atoms with Gasteiger partial charge in [-0.2, -0.15) is 12.7 Å². The summed E-state index contributed by atoms with van der Waals surface area (Å²) in [5, 5.41) is 2.49. The predicted octanol–water partition coefficient (Wildman–Crippen LogP) is 3.34. The Hall–Kier alpha value is -7.17. The first-order valence-corrected chi connectivity index (χ1v) is 23.5. The number of H-pyrrole nitrogens is 1. The van der Waals surface area contributed by atoms with Crippen LogP contribution in [0.4, 0.5) is 20.3 Å². The minimum atomic E-state index is -4.16. The predicted molar refractivity (Wildman–Crippen MR) is 242 cm³/mol. The number of ether oxygens (including phenoxy) is 1. The molecule has 7 heterocycles. The van der Waals surface area contributed by atoms with Crippen LogP contribution in [0.3, 0.4) is 0 Å². The van der Waals surface area contributed by atoms with Gasteiger partial charge in [-0.05, 0) is 67.8 Å². The summed E-state index contributed by atoms with van der Waals surface area (Å²) in [5.41, 5.74) is 0.305. The van der Waals surface area contributed by atoms with E-state index >= 15 is 8.78 Å². The van der Waals surface area contributed by atoms with Gasteiger partial charge in [-0.1, -0.05) is 6.92 Å². The van der Waals surface area contributed by atoms with Crippen LogP contribution in [0.5, 0.6) is 5.75 Å². The number of nitrogens with zero attached hydrogens (tertiary/aromatic N) is 7. The summed E-state index contributed by atoms with van der Waals surface area (Å²) in [6.45, 7) is 5.29. The summed E-state index contributed by atoms with van der Waals surface area (Å²) in [6.07, 6.45) is 5.74. The number of nitrogens with one attached hydrogen (secondary N) is 3. The monoisotopic (exact) mass is 952 g/mol. The maximum absolute atomic E-state index is 15.6. The van der Waals surface area contributed by atoms with Crippen molar-refractivity contribution in [3.05, 3.63) is 101 Å². The molecular weight excluding hydrogens is 907 g/mol. The van der Waals surface area contributed by atoms with Crippen LogP contribution in [0.15, 0.2) is 67.1 Å². The summed E-state index contributed by atoms with van der Waals surface area (Å²) in [5.74, 6) is -4.67. The molecule has 19 nitrogen and oxygen atoms in total. The zero-order chi connectivity index (χ0) is 48.0. The lowest BCUT2D eigenvalue weighted by Crippen LogP contribution is -2.54. The second-order valence-corrected chi connectivity index (χ2v) is 18.8. The molecular formula is C46H46F2N10O9S. The molecule has 3 saturated heterocycles. The molecule has 22 heteroatoms. The van der Waals surface area contributed by atoms with Gasteiger partial charge >= 0.3 is 10.2 Å². The molecule has 1 atom stereocenters. The topological polar surface area (TPSA) is 228 Å². The molecule has 9 rings (SSSR count). The van der Waals surface area contributed by atoms with Crippen LogP contribution in [0.1, 0.15) is 69.2 Å². The minimum absolute atomic E-state index is 0.0165. The first kappa shape index (κ1) is 46.0. The Morgan fingerprint density at radius 2 is 1.62 bits per heavy atom. The van der Waals surface area contributed by atoms with Crippen molar-refractivity contribution in [1.29, 1.82) is 0 Å². The molecule has 3 fully saturated rings. The number of rotatable bonds is 13. The number of hydrogen-bond donors (Lipinski definition) is 3. The van der Waals surface area contributed by atoms with Crippen molar-refractivity contribution in [2.75, 3.05) is 69.0 Å². The Kier molecular flexibility index (Phi) is 12.5. The molecule has 68 heavy (non-hydrogen) atoms. The number of carbonyl (C=O) groups excluding carboxylic acids is 6. The fourth-order valence-electron chi connectivity index (χ4n) is 8.83. The summed E-state index contributed by atoms with van der Waals surface area (Å²) in [4.78, 5) is 96.3. The molecule has 354 valence electrons. The summed E-state index contributed by atoms with van der Waals surface area (Å²) in [7, 11) is -2.88. The van der Waals surface area contributed by atoms with Gasteiger partial charge in [0.1, 0.15) is 35.2 Å². The maximum Gasteiger partial charge on any atom is 0.301 e. The third-order valence-corrected chi connectivity index (χ3v) is 14.4. The number of likely N-dealkylation sites (tertiary alicyclic amines) is 1. The van der Waals surface area contributed by atoms with Crippen LogP contribution >= 0.6 is 0 Å². The van der Waals surface area contributed by atoms with Gasteiger partial charge < -0.3 is 19.5 Å². The Morgan fingerprint density at radius 3 is 2.32 bits per heavy atom. The fraction of sp³-hybridized carbons (Fsp3) is 0.348. The number of benzene rings is 2. The smallest absolute Gasteiger partial charge is 0.301 e. The van der Waals surface area contributed by atoms with E-state index in [9.17, 15) is 37.2 Å². The Labute approximate surface area is 388 Å². The van der Waals surface area contributed by atoms with Crippen molar-refractivity contribution in [2.45, 2.75) is 44.8 Å². The number of aromatic amines is 1. The number of amides is 5. The fourth-order valence-corrected chi connectivity index (χ4v) is 9.76. The van der Waals surface area contributed by atoms with Crippen LogP contribution in [0.25, 0.3) is 22.2 Å². The SMILES string of the molecule is CCN(C)S(=O)(=O)Nc1ccc(F)c(C(=O)c2c[nH]c3ncc(-c4ccc(N5CCN(C(=O)CN6CCC(Oc7ccc8c(c7)C(=O)N(C7CCC(=O)NC7=O)C8=O)CC6)CC5)nc4)cc23)c1F. The molecule has 1 unspecified atom stereocenters. The molecule has 5 aromatic rings. The number of piperazine rings is 1. The maximum atomic E-state index is 15.6. The number of aromatic nitrogens is 3. The highest BCUT2D eigenvalue weighted by atomic mass is 32.2. The Balaban J connectivity index is 0.763. The van der Waals surface area contributed by atoms with Gasteiger partial charge in [-0.25, -0.2) is 18.7 Å². The molecule has 0 bridgehead atoms. The molecule has 0 saturated carbocycles. The Morgan fingerprint density at radius 1 is 0.882 bits per heavy atom. The Bertz CT molecular complexity index is 2990. The van der Waals surface area contributed by atoms with Crippen LogP contribution in [-0.4, -0.2) is 149 Å². The average Bonchev–Trinajstić information content (AvgIpc) is 3.87. The number of ketones is 1. The third kappa shape index (κ3) is 8.88. The zero-order valence-corrected chi connectivity index (χ0v) is 37.8. The van der Waals surface area contributed by atoms with E-state index in [0.717, 1.165) is 21.3 Å². The van der Waals surface area contributed by atoms with Crippen molar-refractivity contribution in [3.8, 4) is 16.9 Å². The van der Waals surface area contributed by atoms with Crippen LogP contribution in [0, 0.1) is 11.6 Å². The molecule has 3 aromatic heterocycles. The first-order valence-electron chi connectivity index (χ1n) is 22.1. The number of fused-ring (bicyclic) bond motifs is 2. The van der Waals surface area contributed by atoms with Gasteiger partial charge in [-0.15, -0.1) is 0 Å². The average molecular weight is 953 g/mol. The van der Waals surface area contributed by atoms with Crippen LogP contribution in [-0.2, 0) is 24.6 Å². The first-order chi connectivity index (χ1) is 32.6. The molecule has 0 spiro atoms. The molecule has 2 aromatic carbocycles.